The van der Waals surface area contributed by atoms with E-state index in [0.29, 0.717) is 56.2 Å². The number of benzene rings is 1. The summed E-state index contributed by atoms with van der Waals surface area (Å²) in [5, 5.41) is 9.88. The van der Waals surface area contributed by atoms with Gasteiger partial charge in [0.15, 0.2) is 11.5 Å². The largest absolute Gasteiger partial charge is 0.435 e. The summed E-state index contributed by atoms with van der Waals surface area (Å²) in [5.74, 6) is 0.464. The molecule has 0 radical (unpaired) electrons. The molecule has 3 atom stereocenters. The third-order valence-corrected chi connectivity index (χ3v) is 9.67. The monoisotopic (exact) mass is 644 g/mol. The highest BCUT2D eigenvalue weighted by atomic mass is 35.5. The topological polar surface area (TPSA) is 117 Å². The number of piperazine rings is 1. The summed E-state index contributed by atoms with van der Waals surface area (Å²) in [4.78, 5) is 46.8. The molecule has 2 aliphatic heterocycles. The fourth-order valence-electron chi connectivity index (χ4n) is 6.60. The van der Waals surface area contributed by atoms with Crippen LogP contribution in [-0.4, -0.2) is 86.1 Å². The Hall–Kier alpha value is -3.91. The Morgan fingerprint density at radius 3 is 2.40 bits per heavy atom. The van der Waals surface area contributed by atoms with Crippen molar-refractivity contribution in [2.75, 3.05) is 44.6 Å². The van der Waals surface area contributed by atoms with E-state index in [1.165, 1.54) is 46.9 Å². The Bertz CT molecular complexity index is 1660. The molecule has 4 aliphatic rings. The molecule has 2 aliphatic carbocycles. The van der Waals surface area contributed by atoms with Gasteiger partial charge in [0.2, 0.25) is 5.91 Å². The molecule has 3 amide bonds. The van der Waals surface area contributed by atoms with E-state index in [-0.39, 0.29) is 45.4 Å². The van der Waals surface area contributed by atoms with Gasteiger partial charge in [-0.25, -0.2) is 4.98 Å². The van der Waals surface area contributed by atoms with Gasteiger partial charge in [0, 0.05) is 57.6 Å². The normalized spacial score (nSPS) is 22.8. The van der Waals surface area contributed by atoms with Crippen LogP contribution in [0.1, 0.15) is 39.5 Å². The van der Waals surface area contributed by atoms with Gasteiger partial charge in [-0.05, 0) is 61.9 Å². The van der Waals surface area contributed by atoms with Gasteiger partial charge in [0.05, 0.1) is 28.0 Å². The lowest BCUT2D eigenvalue weighted by Crippen LogP contribution is -2.51. The average Bonchev–Trinajstić information content (AvgIpc) is 3.75. The second-order valence-corrected chi connectivity index (χ2v) is 12.8. The Kier molecular flexibility index (Phi) is 7.39. The lowest BCUT2D eigenvalue weighted by molar-refractivity contribution is -0.141. The number of anilines is 1. The number of aromatic nitrogens is 4. The quantitative estimate of drug-likeness (QED) is 0.408. The van der Waals surface area contributed by atoms with E-state index in [4.69, 9.17) is 11.6 Å². The zero-order valence-corrected chi connectivity index (χ0v) is 25.2. The summed E-state index contributed by atoms with van der Waals surface area (Å²) < 4.78 is 44.0. The number of carbonyl (C=O) groups is 3. The van der Waals surface area contributed by atoms with Crippen LogP contribution in [0.5, 0.6) is 0 Å². The molecule has 11 nitrogen and oxygen atoms in total. The molecule has 0 spiro atoms. The molecule has 7 rings (SSSR count). The van der Waals surface area contributed by atoms with E-state index < -0.39 is 17.8 Å². The standard InChI is InChI=1S/C30H32ClF3N8O3/c1-39-23(21-15-42(14-16-2-3-16)38-25(21)30(32,33)34)13-36-26(39)27(43)37-17-4-5-18(22(31)10-17)28(44)40-6-8-41(9-7-40)29(45)24-19-11-35-12-20(19)24/h4-5,10,13,15-16,19-20,24,35H,2-3,6-9,11-12,14H2,1H3,(H,37,43)/t19-,20+,24?. The Balaban J connectivity index is 0.996. The molecule has 4 heterocycles. The maximum atomic E-state index is 13.8. The van der Waals surface area contributed by atoms with Gasteiger partial charge >= 0.3 is 6.18 Å². The molecule has 0 bridgehead atoms. The molecule has 2 saturated heterocycles. The van der Waals surface area contributed by atoms with Crippen LogP contribution in [0, 0.1) is 23.7 Å². The first-order chi connectivity index (χ1) is 21.5. The van der Waals surface area contributed by atoms with Crippen LogP contribution < -0.4 is 10.6 Å². The molecule has 4 fully saturated rings. The Morgan fingerprint density at radius 1 is 1.07 bits per heavy atom. The highest BCUT2D eigenvalue weighted by Crippen LogP contribution is 2.49. The third-order valence-electron chi connectivity index (χ3n) is 9.35. The molecule has 238 valence electrons. The number of hydrogen-bond acceptors (Lipinski definition) is 6. The predicted octanol–water partition coefficient (Wildman–Crippen LogP) is 3.37. The number of piperidine rings is 1. The van der Waals surface area contributed by atoms with Crippen LogP contribution in [0.2, 0.25) is 5.02 Å². The number of amides is 3. The SMILES string of the molecule is Cn1c(-c2cn(CC3CC3)nc2C(F)(F)F)cnc1C(=O)Nc1ccc(C(=O)N2CCN(C(=O)C3[C@H]4CNC[C@@H]34)CC2)c(Cl)c1. The molecule has 45 heavy (non-hydrogen) atoms. The van der Waals surface area contributed by atoms with E-state index in [0.717, 1.165) is 25.9 Å². The van der Waals surface area contributed by atoms with Crippen molar-refractivity contribution in [3.05, 3.63) is 52.7 Å². The number of alkyl halides is 3. The minimum absolute atomic E-state index is 0.104. The van der Waals surface area contributed by atoms with Crippen LogP contribution in [0.25, 0.3) is 11.3 Å². The minimum atomic E-state index is -4.68. The minimum Gasteiger partial charge on any atom is -0.339 e. The van der Waals surface area contributed by atoms with Gasteiger partial charge in [0.1, 0.15) is 0 Å². The van der Waals surface area contributed by atoms with Gasteiger partial charge in [-0.1, -0.05) is 11.6 Å². The van der Waals surface area contributed by atoms with Crippen molar-refractivity contribution in [3.63, 3.8) is 0 Å². The summed E-state index contributed by atoms with van der Waals surface area (Å²) in [6.07, 6.45) is -0.180. The number of halogens is 4. The predicted molar refractivity (Wildman–Crippen MR) is 157 cm³/mol. The van der Waals surface area contributed by atoms with Crippen LogP contribution in [0.4, 0.5) is 18.9 Å². The molecule has 15 heteroatoms. The lowest BCUT2D eigenvalue weighted by atomic mass is 10.1. The van der Waals surface area contributed by atoms with Crippen molar-refractivity contribution in [2.45, 2.75) is 25.6 Å². The molecule has 1 aromatic carbocycles. The number of fused-ring (bicyclic) bond motifs is 1. The van der Waals surface area contributed by atoms with E-state index >= 15 is 0 Å². The number of nitrogens with one attached hydrogen (secondary N) is 2. The fraction of sp³-hybridized carbons (Fsp3) is 0.500. The van der Waals surface area contributed by atoms with Gasteiger partial charge in [-0.2, -0.15) is 18.3 Å². The second kappa shape index (κ2) is 11.2. The van der Waals surface area contributed by atoms with Crippen molar-refractivity contribution >= 4 is 35.0 Å². The maximum absolute atomic E-state index is 13.8. The summed E-state index contributed by atoms with van der Waals surface area (Å²) in [6.45, 7) is 3.93. The van der Waals surface area contributed by atoms with E-state index in [2.05, 4.69) is 20.7 Å². The highest BCUT2D eigenvalue weighted by Gasteiger charge is 2.58. The summed E-state index contributed by atoms with van der Waals surface area (Å²) >= 11 is 6.47. The lowest BCUT2D eigenvalue weighted by Gasteiger charge is -2.35. The second-order valence-electron chi connectivity index (χ2n) is 12.4. The van der Waals surface area contributed by atoms with Gasteiger partial charge in [-0.15, -0.1) is 0 Å². The number of imidazole rings is 1. The first-order valence-electron chi connectivity index (χ1n) is 15.1. The maximum Gasteiger partial charge on any atom is 0.435 e. The van der Waals surface area contributed by atoms with Crippen molar-refractivity contribution in [3.8, 4) is 11.3 Å². The third kappa shape index (κ3) is 5.69. The molecule has 2 aromatic heterocycles. The van der Waals surface area contributed by atoms with Crippen LogP contribution in [0.3, 0.4) is 0 Å². The van der Waals surface area contributed by atoms with Gasteiger partial charge in [-0.3, -0.25) is 19.1 Å². The highest BCUT2D eigenvalue weighted by molar-refractivity contribution is 6.34. The Labute approximate surface area is 261 Å². The summed E-state index contributed by atoms with van der Waals surface area (Å²) in [5.41, 5.74) is -0.521. The molecular formula is C30H32ClF3N8O3. The molecule has 2 saturated carbocycles. The van der Waals surface area contributed by atoms with Crippen molar-refractivity contribution in [1.29, 1.82) is 0 Å². The number of carbonyl (C=O) groups excluding carboxylic acids is 3. The van der Waals surface area contributed by atoms with Crippen molar-refractivity contribution < 1.29 is 27.6 Å². The van der Waals surface area contributed by atoms with E-state index in [1.807, 2.05) is 4.90 Å². The molecule has 1 unspecified atom stereocenters. The van der Waals surface area contributed by atoms with Crippen LogP contribution in [-0.2, 0) is 24.6 Å². The molecular weight excluding hydrogens is 613 g/mol. The first kappa shape index (κ1) is 29.8. The van der Waals surface area contributed by atoms with Crippen LogP contribution in [0.15, 0.2) is 30.6 Å². The fourth-order valence-corrected chi connectivity index (χ4v) is 6.86. The molecule has 3 aromatic rings. The van der Waals surface area contributed by atoms with E-state index in [9.17, 15) is 27.6 Å². The van der Waals surface area contributed by atoms with Gasteiger partial charge in [0.25, 0.3) is 11.8 Å². The summed E-state index contributed by atoms with van der Waals surface area (Å²) in [7, 11) is 1.46. The number of hydrogen-bond donors (Lipinski definition) is 2. The first-order valence-corrected chi connectivity index (χ1v) is 15.4. The number of rotatable bonds is 7. The summed E-state index contributed by atoms with van der Waals surface area (Å²) in [6, 6.07) is 4.49. The Morgan fingerprint density at radius 2 is 1.76 bits per heavy atom. The zero-order chi connectivity index (χ0) is 31.6. The van der Waals surface area contributed by atoms with Crippen molar-refractivity contribution in [1.82, 2.24) is 34.4 Å². The van der Waals surface area contributed by atoms with Crippen LogP contribution >= 0.6 is 11.6 Å². The zero-order valence-electron chi connectivity index (χ0n) is 24.5. The molecule has 2 N–H and O–H groups in total. The average molecular weight is 645 g/mol. The van der Waals surface area contributed by atoms with Gasteiger partial charge < -0.3 is 25.0 Å². The van der Waals surface area contributed by atoms with Crippen molar-refractivity contribution in [2.24, 2.45) is 30.7 Å². The number of nitrogens with zero attached hydrogens (tertiary/aromatic N) is 6. The smallest absolute Gasteiger partial charge is 0.339 e. The van der Waals surface area contributed by atoms with E-state index in [1.54, 1.807) is 4.90 Å².